The van der Waals surface area contributed by atoms with Crippen molar-refractivity contribution in [1.82, 2.24) is 5.32 Å². The molecule has 1 aliphatic heterocycles. The van der Waals surface area contributed by atoms with E-state index >= 15 is 0 Å². The molecule has 0 aromatic heterocycles. The highest BCUT2D eigenvalue weighted by Crippen LogP contribution is 2.14. The molecule has 3 heteroatoms. The SMILES string of the molecule is C[N+](C)(C)C1CCCCC(=O)N1. The molecule has 0 aromatic carbocycles. The van der Waals surface area contributed by atoms with Crippen LogP contribution in [0, 0.1) is 0 Å². The maximum atomic E-state index is 11.2. The van der Waals surface area contributed by atoms with Crippen LogP contribution in [0.1, 0.15) is 25.7 Å². The average Bonchev–Trinajstić information content (AvgIpc) is 2.11. The van der Waals surface area contributed by atoms with Crippen molar-refractivity contribution in [2.24, 2.45) is 0 Å². The minimum atomic E-state index is 0.213. The summed E-state index contributed by atoms with van der Waals surface area (Å²) < 4.78 is 0.825. The van der Waals surface area contributed by atoms with Crippen molar-refractivity contribution in [3.63, 3.8) is 0 Å². The van der Waals surface area contributed by atoms with E-state index in [4.69, 9.17) is 0 Å². The van der Waals surface area contributed by atoms with E-state index in [0.717, 1.165) is 17.3 Å². The van der Waals surface area contributed by atoms with Gasteiger partial charge >= 0.3 is 0 Å². The summed E-state index contributed by atoms with van der Waals surface area (Å²) in [7, 11) is 6.36. The van der Waals surface area contributed by atoms with Gasteiger partial charge in [0.05, 0.1) is 21.1 Å². The normalized spacial score (nSPS) is 26.2. The number of quaternary nitrogens is 1. The fourth-order valence-electron chi connectivity index (χ4n) is 1.53. The topological polar surface area (TPSA) is 29.1 Å². The molecule has 0 saturated carbocycles. The third-order valence-electron chi connectivity index (χ3n) is 2.39. The van der Waals surface area contributed by atoms with E-state index in [-0.39, 0.29) is 5.91 Å². The molecule has 1 heterocycles. The molecule has 1 saturated heterocycles. The summed E-state index contributed by atoms with van der Waals surface area (Å²) in [5.41, 5.74) is 0. The van der Waals surface area contributed by atoms with Crippen LogP contribution in [-0.4, -0.2) is 37.7 Å². The molecule has 0 bridgehead atoms. The molecule has 0 spiro atoms. The minimum Gasteiger partial charge on any atom is -0.311 e. The van der Waals surface area contributed by atoms with Gasteiger partial charge in [-0.1, -0.05) is 0 Å². The maximum absolute atomic E-state index is 11.2. The molecule has 1 aliphatic rings. The smallest absolute Gasteiger partial charge is 0.224 e. The quantitative estimate of drug-likeness (QED) is 0.578. The van der Waals surface area contributed by atoms with Crippen LogP contribution in [0.15, 0.2) is 0 Å². The Labute approximate surface area is 74.3 Å². The van der Waals surface area contributed by atoms with Crippen molar-refractivity contribution in [2.75, 3.05) is 21.1 Å². The van der Waals surface area contributed by atoms with Crippen molar-refractivity contribution in [2.45, 2.75) is 31.8 Å². The van der Waals surface area contributed by atoms with Crippen LogP contribution in [0.5, 0.6) is 0 Å². The zero-order valence-corrected chi connectivity index (χ0v) is 8.26. The lowest BCUT2D eigenvalue weighted by Crippen LogP contribution is -2.54. The van der Waals surface area contributed by atoms with E-state index in [1.54, 1.807) is 0 Å². The first-order valence-corrected chi connectivity index (χ1v) is 4.60. The maximum Gasteiger partial charge on any atom is 0.224 e. The first-order valence-electron chi connectivity index (χ1n) is 4.60. The number of amides is 1. The summed E-state index contributed by atoms with van der Waals surface area (Å²) in [5.74, 6) is 0.213. The fourth-order valence-corrected chi connectivity index (χ4v) is 1.53. The van der Waals surface area contributed by atoms with E-state index in [9.17, 15) is 4.79 Å². The second-order valence-corrected chi connectivity index (χ2v) is 4.45. The molecule has 0 radical (unpaired) electrons. The van der Waals surface area contributed by atoms with Crippen molar-refractivity contribution in [3.8, 4) is 0 Å². The average molecular weight is 171 g/mol. The Kier molecular flexibility index (Phi) is 2.73. The molecule has 0 aromatic rings. The molecular formula is C9H19N2O+. The second kappa shape index (κ2) is 3.44. The summed E-state index contributed by atoms with van der Waals surface area (Å²) in [4.78, 5) is 11.2. The van der Waals surface area contributed by atoms with Crippen LogP contribution in [-0.2, 0) is 4.79 Å². The van der Waals surface area contributed by atoms with Gasteiger partial charge in [-0.2, -0.15) is 0 Å². The highest BCUT2D eigenvalue weighted by molar-refractivity contribution is 5.76. The fraction of sp³-hybridized carbons (Fsp3) is 0.889. The van der Waals surface area contributed by atoms with Crippen LogP contribution in [0.3, 0.4) is 0 Å². The lowest BCUT2D eigenvalue weighted by molar-refractivity contribution is -0.898. The molecule has 12 heavy (non-hydrogen) atoms. The summed E-state index contributed by atoms with van der Waals surface area (Å²) in [5, 5.41) is 3.05. The summed E-state index contributed by atoms with van der Waals surface area (Å²) in [6.07, 6.45) is 4.33. The predicted molar refractivity (Wildman–Crippen MR) is 48.4 cm³/mol. The molecule has 1 unspecified atom stereocenters. The number of nitrogens with zero attached hydrogens (tertiary/aromatic N) is 1. The van der Waals surface area contributed by atoms with Gasteiger partial charge in [0.2, 0.25) is 5.91 Å². The van der Waals surface area contributed by atoms with Gasteiger partial charge in [-0.25, -0.2) is 0 Å². The zero-order valence-electron chi connectivity index (χ0n) is 8.26. The zero-order chi connectivity index (χ0) is 9.19. The molecular weight excluding hydrogens is 152 g/mol. The molecule has 1 atom stereocenters. The number of rotatable bonds is 1. The Morgan fingerprint density at radius 3 is 2.58 bits per heavy atom. The van der Waals surface area contributed by atoms with Crippen molar-refractivity contribution >= 4 is 5.91 Å². The summed E-state index contributed by atoms with van der Waals surface area (Å²) >= 11 is 0. The summed E-state index contributed by atoms with van der Waals surface area (Å²) in [6.45, 7) is 0. The van der Waals surface area contributed by atoms with Gasteiger partial charge in [0.15, 0.2) is 6.17 Å². The van der Waals surface area contributed by atoms with Crippen LogP contribution in [0.4, 0.5) is 0 Å². The van der Waals surface area contributed by atoms with Gasteiger partial charge in [0.25, 0.3) is 0 Å². The lowest BCUT2D eigenvalue weighted by atomic mass is 10.2. The Balaban J connectivity index is 2.58. The second-order valence-electron chi connectivity index (χ2n) is 4.45. The number of carbonyl (C=O) groups is 1. The summed E-state index contributed by atoms with van der Waals surface area (Å²) in [6, 6.07) is 0. The minimum absolute atomic E-state index is 0.213. The van der Waals surface area contributed by atoms with Crippen LogP contribution < -0.4 is 5.32 Å². The van der Waals surface area contributed by atoms with E-state index in [0.29, 0.717) is 12.6 Å². The molecule has 3 nitrogen and oxygen atoms in total. The first-order chi connectivity index (χ1) is 5.50. The Bertz CT molecular complexity index is 172. The third-order valence-corrected chi connectivity index (χ3v) is 2.39. The van der Waals surface area contributed by atoms with Crippen LogP contribution in [0.2, 0.25) is 0 Å². The first kappa shape index (κ1) is 9.52. The predicted octanol–water partition coefficient (Wildman–Crippen LogP) is 0.709. The molecule has 0 aliphatic carbocycles. The van der Waals surface area contributed by atoms with Crippen molar-refractivity contribution < 1.29 is 9.28 Å². The number of hydrogen-bond acceptors (Lipinski definition) is 1. The third kappa shape index (κ3) is 2.48. The number of nitrogens with one attached hydrogen (secondary N) is 1. The molecule has 1 rings (SSSR count). The van der Waals surface area contributed by atoms with Crippen LogP contribution in [0.25, 0.3) is 0 Å². The molecule has 1 amide bonds. The van der Waals surface area contributed by atoms with Gasteiger partial charge in [0.1, 0.15) is 0 Å². The van der Waals surface area contributed by atoms with Gasteiger partial charge < -0.3 is 9.80 Å². The van der Waals surface area contributed by atoms with E-state index in [2.05, 4.69) is 26.5 Å². The lowest BCUT2D eigenvalue weighted by Gasteiger charge is -2.33. The van der Waals surface area contributed by atoms with Crippen molar-refractivity contribution in [1.29, 1.82) is 0 Å². The van der Waals surface area contributed by atoms with Gasteiger partial charge in [-0.15, -0.1) is 0 Å². The van der Waals surface area contributed by atoms with Crippen LogP contribution >= 0.6 is 0 Å². The molecule has 1 N–H and O–H groups in total. The number of hydrogen-bond donors (Lipinski definition) is 1. The van der Waals surface area contributed by atoms with Gasteiger partial charge in [-0.05, 0) is 12.8 Å². The largest absolute Gasteiger partial charge is 0.311 e. The molecule has 70 valence electrons. The highest BCUT2D eigenvalue weighted by atomic mass is 16.1. The Morgan fingerprint density at radius 2 is 2.00 bits per heavy atom. The monoisotopic (exact) mass is 171 g/mol. The van der Waals surface area contributed by atoms with E-state index < -0.39 is 0 Å². The molecule has 1 fully saturated rings. The van der Waals surface area contributed by atoms with Crippen molar-refractivity contribution in [3.05, 3.63) is 0 Å². The highest BCUT2D eigenvalue weighted by Gasteiger charge is 2.26. The van der Waals surface area contributed by atoms with Gasteiger partial charge in [-0.3, -0.25) is 4.79 Å². The Morgan fingerprint density at radius 1 is 1.33 bits per heavy atom. The Hall–Kier alpha value is -0.570. The van der Waals surface area contributed by atoms with E-state index in [1.165, 1.54) is 6.42 Å². The number of carbonyl (C=O) groups excluding carboxylic acids is 1. The standard InChI is InChI=1S/C9H18N2O/c1-11(2,3)8-6-4-5-7-9(12)10-8/h8H,4-7H2,1-3H3/p+1. The van der Waals surface area contributed by atoms with E-state index in [1.807, 2.05) is 0 Å². The van der Waals surface area contributed by atoms with Gasteiger partial charge in [0, 0.05) is 12.8 Å².